The molecule has 0 aliphatic carbocycles. The maximum Gasteiger partial charge on any atom is 0.151 e. The van der Waals surface area contributed by atoms with Crippen LogP contribution in [0.15, 0.2) is 41.3 Å². The summed E-state index contributed by atoms with van der Waals surface area (Å²) in [6, 6.07) is 6.11. The Labute approximate surface area is 101 Å². The second-order valence-corrected chi connectivity index (χ2v) is 4.19. The summed E-state index contributed by atoms with van der Waals surface area (Å²) >= 11 is 0. The molecule has 0 aliphatic rings. The molecule has 90 valence electrons. The first-order chi connectivity index (χ1) is 8.18. The van der Waals surface area contributed by atoms with Gasteiger partial charge in [-0.3, -0.25) is 0 Å². The molecule has 2 aromatic heterocycles. The van der Waals surface area contributed by atoms with Crippen LogP contribution in [0.4, 0.5) is 11.5 Å². The zero-order chi connectivity index (χ0) is 12.3. The van der Waals surface area contributed by atoms with Gasteiger partial charge >= 0.3 is 0 Å². The van der Waals surface area contributed by atoms with Gasteiger partial charge in [-0.2, -0.15) is 0 Å². The summed E-state index contributed by atoms with van der Waals surface area (Å²) < 4.78 is 5.08. The van der Waals surface area contributed by atoms with Gasteiger partial charge in [0.2, 0.25) is 0 Å². The first kappa shape index (κ1) is 11.5. The number of hydrogen-bond donors (Lipinski definition) is 1. The number of pyridine rings is 1. The van der Waals surface area contributed by atoms with Gasteiger partial charge in [0.1, 0.15) is 0 Å². The third kappa shape index (κ3) is 2.58. The molecule has 0 saturated carbocycles. The van der Waals surface area contributed by atoms with Crippen LogP contribution in [0, 0.1) is 0 Å². The molecule has 0 aliphatic heterocycles. The van der Waals surface area contributed by atoms with Crippen molar-refractivity contribution < 1.29 is 4.42 Å². The van der Waals surface area contributed by atoms with Gasteiger partial charge in [0, 0.05) is 25.9 Å². The van der Waals surface area contributed by atoms with Crippen molar-refractivity contribution in [2.24, 2.45) is 0 Å². The van der Waals surface area contributed by atoms with Crippen molar-refractivity contribution in [3.8, 4) is 0 Å². The molecule has 2 rings (SSSR count). The van der Waals surface area contributed by atoms with E-state index in [0.717, 1.165) is 17.1 Å². The number of nitrogens with one attached hydrogen (secondary N) is 1. The molecule has 4 nitrogen and oxygen atoms in total. The minimum Gasteiger partial charge on any atom is -0.472 e. The Balaban J connectivity index is 2.18. The predicted molar refractivity (Wildman–Crippen MR) is 69.3 cm³/mol. The molecule has 1 unspecified atom stereocenters. The van der Waals surface area contributed by atoms with Gasteiger partial charge in [-0.05, 0) is 25.1 Å². The first-order valence-corrected chi connectivity index (χ1v) is 5.59. The smallest absolute Gasteiger partial charge is 0.151 e. The van der Waals surface area contributed by atoms with E-state index in [1.165, 1.54) is 0 Å². The summed E-state index contributed by atoms with van der Waals surface area (Å²) in [5.41, 5.74) is 2.14. The molecule has 0 spiro atoms. The maximum absolute atomic E-state index is 5.08. The number of anilines is 2. The van der Waals surface area contributed by atoms with Gasteiger partial charge in [0.25, 0.3) is 0 Å². The van der Waals surface area contributed by atoms with Gasteiger partial charge in [-0.15, -0.1) is 0 Å². The fraction of sp³-hybridized carbons (Fsp3) is 0.308. The number of hydrogen-bond acceptors (Lipinski definition) is 4. The van der Waals surface area contributed by atoms with E-state index in [4.69, 9.17) is 4.42 Å². The van der Waals surface area contributed by atoms with E-state index in [2.05, 4.69) is 17.2 Å². The SMILES string of the molecule is CC(Nc1cccnc1N(C)C)c1ccoc1. The third-order valence-corrected chi connectivity index (χ3v) is 2.63. The second-order valence-electron chi connectivity index (χ2n) is 4.19. The van der Waals surface area contributed by atoms with Crippen molar-refractivity contribution in [2.45, 2.75) is 13.0 Å². The van der Waals surface area contributed by atoms with Crippen molar-refractivity contribution in [1.29, 1.82) is 0 Å². The highest BCUT2D eigenvalue weighted by atomic mass is 16.3. The molecular formula is C13H17N3O. The lowest BCUT2D eigenvalue weighted by molar-refractivity contribution is 0.562. The van der Waals surface area contributed by atoms with E-state index >= 15 is 0 Å². The summed E-state index contributed by atoms with van der Waals surface area (Å²) in [4.78, 5) is 6.34. The molecule has 1 atom stereocenters. The number of aromatic nitrogens is 1. The number of nitrogens with zero attached hydrogens (tertiary/aromatic N) is 2. The average molecular weight is 231 g/mol. The lowest BCUT2D eigenvalue weighted by Crippen LogP contribution is -2.15. The Hall–Kier alpha value is -1.97. The fourth-order valence-electron chi connectivity index (χ4n) is 1.70. The fourth-order valence-corrected chi connectivity index (χ4v) is 1.70. The molecule has 1 N–H and O–H groups in total. The van der Waals surface area contributed by atoms with E-state index in [1.807, 2.05) is 37.2 Å². The molecule has 0 radical (unpaired) electrons. The van der Waals surface area contributed by atoms with Gasteiger partial charge < -0.3 is 14.6 Å². The van der Waals surface area contributed by atoms with Crippen molar-refractivity contribution in [3.63, 3.8) is 0 Å². The molecule has 0 fully saturated rings. The zero-order valence-corrected chi connectivity index (χ0v) is 10.3. The average Bonchev–Trinajstić information content (AvgIpc) is 2.83. The summed E-state index contributed by atoms with van der Waals surface area (Å²) in [6.07, 6.45) is 5.23. The van der Waals surface area contributed by atoms with Crippen molar-refractivity contribution >= 4 is 11.5 Å². The van der Waals surface area contributed by atoms with E-state index < -0.39 is 0 Å². The molecule has 2 heterocycles. The Bertz CT molecular complexity index is 465. The van der Waals surface area contributed by atoms with Crippen LogP contribution < -0.4 is 10.2 Å². The molecule has 0 amide bonds. The van der Waals surface area contributed by atoms with Crippen LogP contribution in [-0.2, 0) is 0 Å². The first-order valence-electron chi connectivity index (χ1n) is 5.59. The Morgan fingerprint density at radius 1 is 1.35 bits per heavy atom. The Kier molecular flexibility index (Phi) is 3.32. The van der Waals surface area contributed by atoms with E-state index in [0.29, 0.717) is 0 Å². The second kappa shape index (κ2) is 4.91. The van der Waals surface area contributed by atoms with Crippen molar-refractivity contribution in [3.05, 3.63) is 42.5 Å². The summed E-state index contributed by atoms with van der Waals surface area (Å²) in [6.45, 7) is 2.09. The highest BCUT2D eigenvalue weighted by Gasteiger charge is 2.10. The predicted octanol–water partition coefficient (Wildman–Crippen LogP) is 2.91. The van der Waals surface area contributed by atoms with E-state index in [-0.39, 0.29) is 6.04 Å². The minimum absolute atomic E-state index is 0.191. The minimum atomic E-state index is 0.191. The maximum atomic E-state index is 5.08. The van der Waals surface area contributed by atoms with Gasteiger partial charge in [0.15, 0.2) is 5.82 Å². The summed E-state index contributed by atoms with van der Waals surface area (Å²) in [5.74, 6) is 0.933. The zero-order valence-electron chi connectivity index (χ0n) is 10.3. The van der Waals surface area contributed by atoms with Gasteiger partial charge in [-0.25, -0.2) is 4.98 Å². The largest absolute Gasteiger partial charge is 0.472 e. The highest BCUT2D eigenvalue weighted by molar-refractivity contribution is 5.65. The standard InChI is InChI=1S/C13H17N3O/c1-10(11-6-8-17-9-11)15-12-5-4-7-14-13(12)16(2)3/h4-10,15H,1-3H3. The van der Waals surface area contributed by atoms with Crippen molar-refractivity contribution in [1.82, 2.24) is 4.98 Å². The molecule has 0 aromatic carbocycles. The third-order valence-electron chi connectivity index (χ3n) is 2.63. The quantitative estimate of drug-likeness (QED) is 0.878. The highest BCUT2D eigenvalue weighted by Crippen LogP contribution is 2.25. The molecule has 17 heavy (non-hydrogen) atoms. The topological polar surface area (TPSA) is 41.3 Å². The molecule has 2 aromatic rings. The Morgan fingerprint density at radius 3 is 2.82 bits per heavy atom. The van der Waals surface area contributed by atoms with Crippen LogP contribution in [0.25, 0.3) is 0 Å². The lowest BCUT2D eigenvalue weighted by atomic mass is 10.2. The molecule has 4 heteroatoms. The monoisotopic (exact) mass is 231 g/mol. The van der Waals surface area contributed by atoms with Crippen molar-refractivity contribution in [2.75, 3.05) is 24.3 Å². The van der Waals surface area contributed by atoms with E-state index in [9.17, 15) is 0 Å². The molecule has 0 saturated heterocycles. The Morgan fingerprint density at radius 2 is 2.18 bits per heavy atom. The van der Waals surface area contributed by atoms with Crippen LogP contribution in [0.3, 0.4) is 0 Å². The number of rotatable bonds is 4. The van der Waals surface area contributed by atoms with E-state index in [1.54, 1.807) is 18.7 Å². The lowest BCUT2D eigenvalue weighted by Gasteiger charge is -2.20. The van der Waals surface area contributed by atoms with Gasteiger partial charge in [0.05, 0.1) is 24.3 Å². The summed E-state index contributed by atoms with van der Waals surface area (Å²) in [7, 11) is 3.96. The van der Waals surface area contributed by atoms with Crippen LogP contribution in [0.2, 0.25) is 0 Å². The normalized spacial score (nSPS) is 12.2. The molecule has 0 bridgehead atoms. The van der Waals surface area contributed by atoms with Crippen LogP contribution in [0.5, 0.6) is 0 Å². The number of furan rings is 1. The van der Waals surface area contributed by atoms with Crippen LogP contribution in [0.1, 0.15) is 18.5 Å². The summed E-state index contributed by atoms with van der Waals surface area (Å²) in [5, 5.41) is 3.43. The van der Waals surface area contributed by atoms with Crippen LogP contribution in [-0.4, -0.2) is 19.1 Å². The van der Waals surface area contributed by atoms with Gasteiger partial charge in [-0.1, -0.05) is 0 Å². The van der Waals surface area contributed by atoms with Crippen LogP contribution >= 0.6 is 0 Å². The molecular weight excluding hydrogens is 214 g/mol.